The van der Waals surface area contributed by atoms with Crippen LogP contribution in [-0.2, 0) is 11.2 Å². The van der Waals surface area contributed by atoms with E-state index in [1.54, 1.807) is 7.11 Å². The van der Waals surface area contributed by atoms with Crippen molar-refractivity contribution in [3.63, 3.8) is 0 Å². The molecule has 1 amide bonds. The molecule has 0 N–H and O–H groups in total. The number of amides is 1. The summed E-state index contributed by atoms with van der Waals surface area (Å²) in [6, 6.07) is 6.12. The summed E-state index contributed by atoms with van der Waals surface area (Å²) >= 11 is 5.78. The van der Waals surface area contributed by atoms with Crippen LogP contribution in [0.25, 0.3) is 0 Å². The van der Waals surface area contributed by atoms with Crippen molar-refractivity contribution in [3.05, 3.63) is 46.7 Å². The third-order valence-electron chi connectivity index (χ3n) is 4.41. The number of carbonyl (C=O) groups is 1. The number of halogens is 1. The van der Waals surface area contributed by atoms with Gasteiger partial charge in [-0.1, -0.05) is 23.7 Å². The molecule has 1 atom stereocenters. The normalized spacial score (nSPS) is 17.0. The molecule has 0 aliphatic carbocycles. The Labute approximate surface area is 158 Å². The fourth-order valence-corrected chi connectivity index (χ4v) is 3.21. The zero-order valence-electron chi connectivity index (χ0n) is 14.9. The Bertz CT molecular complexity index is 767. The first kappa shape index (κ1) is 18.5. The maximum Gasteiger partial charge on any atom is 0.316 e. The molecule has 6 nitrogen and oxygen atoms in total. The van der Waals surface area contributed by atoms with Crippen LogP contribution in [0.5, 0.6) is 11.8 Å². The quantitative estimate of drug-likeness (QED) is 0.803. The van der Waals surface area contributed by atoms with Crippen LogP contribution in [0.3, 0.4) is 0 Å². The van der Waals surface area contributed by atoms with Crippen molar-refractivity contribution in [2.75, 3.05) is 20.2 Å². The molecule has 7 heteroatoms. The molecule has 1 fully saturated rings. The van der Waals surface area contributed by atoms with Crippen molar-refractivity contribution in [2.24, 2.45) is 0 Å². The Morgan fingerprint density at radius 2 is 2.12 bits per heavy atom. The number of methoxy groups -OCH3 is 1. The van der Waals surface area contributed by atoms with E-state index >= 15 is 0 Å². The van der Waals surface area contributed by atoms with E-state index in [-0.39, 0.29) is 12.0 Å². The lowest BCUT2D eigenvalue weighted by Gasteiger charge is -2.32. The number of rotatable bonds is 5. The molecule has 0 spiro atoms. The largest absolute Gasteiger partial charge is 0.496 e. The standard InChI is InChI=1S/C19H22ClN3O3/c1-13-8-14(5-6-17(13)25-2)9-18(24)23-7-3-4-16(12-23)26-19-21-10-15(20)11-22-19/h5-6,8,10-11,16H,3-4,7,9,12H2,1-2H3. The molecule has 26 heavy (non-hydrogen) atoms. The molecule has 0 radical (unpaired) electrons. The summed E-state index contributed by atoms with van der Waals surface area (Å²) in [4.78, 5) is 22.6. The van der Waals surface area contributed by atoms with E-state index < -0.39 is 0 Å². The molecule has 1 saturated heterocycles. The third kappa shape index (κ3) is 4.64. The van der Waals surface area contributed by atoms with Crippen LogP contribution in [0, 0.1) is 6.92 Å². The predicted molar refractivity (Wildman–Crippen MR) is 98.7 cm³/mol. The Kier molecular flexibility index (Phi) is 5.93. The van der Waals surface area contributed by atoms with Crippen molar-refractivity contribution >= 4 is 17.5 Å². The lowest BCUT2D eigenvalue weighted by molar-refractivity contribution is -0.133. The summed E-state index contributed by atoms with van der Waals surface area (Å²) in [5.41, 5.74) is 2.01. The van der Waals surface area contributed by atoms with Gasteiger partial charge in [0, 0.05) is 6.54 Å². The van der Waals surface area contributed by atoms with Gasteiger partial charge >= 0.3 is 6.01 Å². The minimum atomic E-state index is -0.105. The fourth-order valence-electron chi connectivity index (χ4n) is 3.11. The highest BCUT2D eigenvalue weighted by Crippen LogP contribution is 2.21. The SMILES string of the molecule is COc1ccc(CC(=O)N2CCCC(Oc3ncc(Cl)cn3)C2)cc1C. The van der Waals surface area contributed by atoms with Crippen molar-refractivity contribution in [3.8, 4) is 11.8 Å². The summed E-state index contributed by atoms with van der Waals surface area (Å²) in [7, 11) is 1.64. The predicted octanol–water partition coefficient (Wildman–Crippen LogP) is 3.06. The zero-order chi connectivity index (χ0) is 18.5. The number of ether oxygens (including phenoxy) is 2. The van der Waals surface area contributed by atoms with Crippen LogP contribution < -0.4 is 9.47 Å². The van der Waals surface area contributed by atoms with Gasteiger partial charge in [-0.05, 0) is 37.0 Å². The van der Waals surface area contributed by atoms with E-state index in [0.29, 0.717) is 24.0 Å². The zero-order valence-corrected chi connectivity index (χ0v) is 15.7. The number of carbonyl (C=O) groups excluding carboxylic acids is 1. The van der Waals surface area contributed by atoms with Crippen LogP contribution in [0.4, 0.5) is 0 Å². The van der Waals surface area contributed by atoms with E-state index in [1.165, 1.54) is 12.4 Å². The topological polar surface area (TPSA) is 64.5 Å². The van der Waals surface area contributed by atoms with Gasteiger partial charge in [-0.2, -0.15) is 0 Å². The van der Waals surface area contributed by atoms with Gasteiger partial charge in [0.05, 0.1) is 37.5 Å². The maximum absolute atomic E-state index is 12.7. The first-order valence-electron chi connectivity index (χ1n) is 8.60. The summed E-state index contributed by atoms with van der Waals surface area (Å²) < 4.78 is 11.1. The molecule has 1 aliphatic heterocycles. The summed E-state index contributed by atoms with van der Waals surface area (Å²) in [5, 5.41) is 0.465. The number of benzene rings is 1. The van der Waals surface area contributed by atoms with Crippen molar-refractivity contribution in [2.45, 2.75) is 32.3 Å². The molecular weight excluding hydrogens is 354 g/mol. The Balaban J connectivity index is 1.59. The van der Waals surface area contributed by atoms with Gasteiger partial charge in [0.1, 0.15) is 11.9 Å². The van der Waals surface area contributed by atoms with Crippen molar-refractivity contribution in [1.82, 2.24) is 14.9 Å². The summed E-state index contributed by atoms with van der Waals surface area (Å²) in [6.07, 6.45) is 5.04. The second-order valence-corrected chi connectivity index (χ2v) is 6.82. The molecule has 2 aromatic rings. The highest BCUT2D eigenvalue weighted by Gasteiger charge is 2.25. The summed E-state index contributed by atoms with van der Waals surface area (Å²) in [6.45, 7) is 3.26. The Hall–Kier alpha value is -2.34. The van der Waals surface area contributed by atoms with Gasteiger partial charge < -0.3 is 14.4 Å². The lowest BCUT2D eigenvalue weighted by atomic mass is 10.0. The average Bonchev–Trinajstić information content (AvgIpc) is 2.64. The van der Waals surface area contributed by atoms with Crippen molar-refractivity contribution in [1.29, 1.82) is 0 Å². The van der Waals surface area contributed by atoms with E-state index in [1.807, 2.05) is 30.0 Å². The average molecular weight is 376 g/mol. The van der Waals surface area contributed by atoms with Gasteiger partial charge in [-0.3, -0.25) is 4.79 Å². The fraction of sp³-hybridized carbons (Fsp3) is 0.421. The highest BCUT2D eigenvalue weighted by atomic mass is 35.5. The minimum Gasteiger partial charge on any atom is -0.496 e. The van der Waals surface area contributed by atoms with Gasteiger partial charge in [0.25, 0.3) is 0 Å². The number of aryl methyl sites for hydroxylation is 1. The lowest BCUT2D eigenvalue weighted by Crippen LogP contribution is -2.45. The molecule has 138 valence electrons. The van der Waals surface area contributed by atoms with Crippen LogP contribution in [0.1, 0.15) is 24.0 Å². The van der Waals surface area contributed by atoms with Crippen LogP contribution in [0.15, 0.2) is 30.6 Å². The van der Waals surface area contributed by atoms with Crippen LogP contribution in [0.2, 0.25) is 5.02 Å². The van der Waals surface area contributed by atoms with Gasteiger partial charge in [0.2, 0.25) is 5.91 Å². The smallest absolute Gasteiger partial charge is 0.316 e. The number of likely N-dealkylation sites (tertiary alicyclic amines) is 1. The van der Waals surface area contributed by atoms with Crippen molar-refractivity contribution < 1.29 is 14.3 Å². The molecule has 1 aliphatic rings. The molecule has 1 aromatic heterocycles. The molecule has 2 heterocycles. The second-order valence-electron chi connectivity index (χ2n) is 6.39. The first-order chi connectivity index (χ1) is 12.5. The van der Waals surface area contributed by atoms with Gasteiger partial charge in [-0.15, -0.1) is 0 Å². The van der Waals surface area contributed by atoms with E-state index in [4.69, 9.17) is 21.1 Å². The molecule has 0 bridgehead atoms. The Morgan fingerprint density at radius 1 is 1.35 bits per heavy atom. The van der Waals surface area contributed by atoms with E-state index in [0.717, 1.165) is 36.3 Å². The third-order valence-corrected chi connectivity index (χ3v) is 4.61. The minimum absolute atomic E-state index is 0.0971. The van der Waals surface area contributed by atoms with E-state index in [2.05, 4.69) is 9.97 Å². The number of piperidine rings is 1. The summed E-state index contributed by atoms with van der Waals surface area (Å²) in [5.74, 6) is 0.926. The number of aromatic nitrogens is 2. The van der Waals surface area contributed by atoms with Gasteiger partial charge in [-0.25, -0.2) is 9.97 Å². The highest BCUT2D eigenvalue weighted by molar-refractivity contribution is 6.30. The van der Waals surface area contributed by atoms with E-state index in [9.17, 15) is 4.79 Å². The van der Waals surface area contributed by atoms with Gasteiger partial charge in [0.15, 0.2) is 0 Å². The second kappa shape index (κ2) is 8.36. The number of nitrogens with zero attached hydrogens (tertiary/aromatic N) is 3. The Morgan fingerprint density at radius 3 is 2.81 bits per heavy atom. The monoisotopic (exact) mass is 375 g/mol. The molecule has 1 aromatic carbocycles. The number of hydrogen-bond donors (Lipinski definition) is 0. The molecule has 1 unspecified atom stereocenters. The molecular formula is C19H22ClN3O3. The first-order valence-corrected chi connectivity index (χ1v) is 8.98. The van der Waals surface area contributed by atoms with Crippen LogP contribution in [-0.4, -0.2) is 47.1 Å². The van der Waals surface area contributed by atoms with Crippen LogP contribution >= 0.6 is 11.6 Å². The maximum atomic E-state index is 12.7. The molecule has 3 rings (SSSR count). The molecule has 0 saturated carbocycles. The number of hydrogen-bond acceptors (Lipinski definition) is 5.